The SMILES string of the molecule is O=S(=O)(c1ccc2ccccc2c1)N1CCN(c2cc3ccccc3c(Cl)n2)CC1. The molecule has 152 valence electrons. The number of hydrogen-bond donors (Lipinski definition) is 0. The Hall–Kier alpha value is -2.67. The number of fused-ring (bicyclic) bond motifs is 2. The maximum absolute atomic E-state index is 13.2. The van der Waals surface area contributed by atoms with Gasteiger partial charge in [-0.15, -0.1) is 0 Å². The fourth-order valence-corrected chi connectivity index (χ4v) is 5.66. The third kappa shape index (κ3) is 3.41. The van der Waals surface area contributed by atoms with Crippen molar-refractivity contribution >= 4 is 49.0 Å². The Kier molecular flexibility index (Phi) is 4.85. The standard InChI is InChI=1S/C23H20ClN3O2S/c24-23-21-8-4-3-7-19(21)16-22(25-23)26-11-13-27(14-12-26)30(28,29)20-10-9-17-5-1-2-6-18(17)15-20/h1-10,15-16H,11-14H2. The molecule has 0 saturated carbocycles. The minimum absolute atomic E-state index is 0.335. The Morgan fingerprint density at radius 3 is 2.20 bits per heavy atom. The van der Waals surface area contributed by atoms with E-state index < -0.39 is 10.0 Å². The van der Waals surface area contributed by atoms with Crippen molar-refractivity contribution in [3.8, 4) is 0 Å². The zero-order valence-electron chi connectivity index (χ0n) is 16.2. The molecular weight excluding hydrogens is 418 g/mol. The molecule has 0 amide bonds. The zero-order valence-corrected chi connectivity index (χ0v) is 17.8. The van der Waals surface area contributed by atoms with Crippen molar-refractivity contribution in [1.82, 2.24) is 9.29 Å². The number of aromatic nitrogens is 1. The highest BCUT2D eigenvalue weighted by Crippen LogP contribution is 2.28. The first kappa shape index (κ1) is 19.3. The minimum Gasteiger partial charge on any atom is -0.354 e. The molecule has 1 aromatic heterocycles. The average molecular weight is 438 g/mol. The molecule has 4 aromatic rings. The van der Waals surface area contributed by atoms with Gasteiger partial charge in [-0.2, -0.15) is 4.31 Å². The van der Waals surface area contributed by atoms with Crippen molar-refractivity contribution in [2.75, 3.05) is 31.1 Å². The molecule has 1 aliphatic rings. The Morgan fingerprint density at radius 2 is 1.43 bits per heavy atom. The molecule has 0 bridgehead atoms. The first-order valence-electron chi connectivity index (χ1n) is 9.81. The fourth-order valence-electron chi connectivity index (χ4n) is 3.94. The number of piperazine rings is 1. The number of sulfonamides is 1. The maximum Gasteiger partial charge on any atom is 0.243 e. The average Bonchev–Trinajstić information content (AvgIpc) is 2.79. The molecule has 0 N–H and O–H groups in total. The van der Waals surface area contributed by atoms with Crippen LogP contribution in [-0.2, 0) is 10.0 Å². The summed E-state index contributed by atoms with van der Waals surface area (Å²) >= 11 is 6.37. The first-order valence-corrected chi connectivity index (χ1v) is 11.6. The van der Waals surface area contributed by atoms with E-state index in [1.807, 2.05) is 60.7 Å². The van der Waals surface area contributed by atoms with Gasteiger partial charge in [-0.3, -0.25) is 0 Å². The molecule has 30 heavy (non-hydrogen) atoms. The molecule has 0 aliphatic carbocycles. The van der Waals surface area contributed by atoms with Crippen molar-refractivity contribution in [3.63, 3.8) is 0 Å². The number of benzene rings is 3. The van der Waals surface area contributed by atoms with Gasteiger partial charge >= 0.3 is 0 Å². The van der Waals surface area contributed by atoms with Crippen molar-refractivity contribution in [3.05, 3.63) is 77.9 Å². The van der Waals surface area contributed by atoms with E-state index in [9.17, 15) is 8.42 Å². The Morgan fingerprint density at radius 1 is 0.767 bits per heavy atom. The summed E-state index contributed by atoms with van der Waals surface area (Å²) in [7, 11) is -3.54. The van der Waals surface area contributed by atoms with Crippen molar-refractivity contribution in [2.45, 2.75) is 4.90 Å². The van der Waals surface area contributed by atoms with Gasteiger partial charge in [-0.25, -0.2) is 13.4 Å². The summed E-state index contributed by atoms with van der Waals surface area (Å²) in [6.07, 6.45) is 0. The highest BCUT2D eigenvalue weighted by molar-refractivity contribution is 7.89. The maximum atomic E-state index is 13.2. The van der Waals surface area contributed by atoms with Crippen LogP contribution in [0.4, 0.5) is 5.82 Å². The predicted octanol–water partition coefficient (Wildman–Crippen LogP) is 4.55. The second kappa shape index (κ2) is 7.54. The molecule has 5 nitrogen and oxygen atoms in total. The van der Waals surface area contributed by atoms with Gasteiger partial charge < -0.3 is 4.90 Å². The van der Waals surface area contributed by atoms with Crippen LogP contribution in [0.3, 0.4) is 0 Å². The number of hydrogen-bond acceptors (Lipinski definition) is 4. The summed E-state index contributed by atoms with van der Waals surface area (Å²) in [5.74, 6) is 0.779. The smallest absolute Gasteiger partial charge is 0.243 e. The van der Waals surface area contributed by atoms with Crippen molar-refractivity contribution in [2.24, 2.45) is 0 Å². The summed E-state index contributed by atoms with van der Waals surface area (Å²) in [5.41, 5.74) is 0. The topological polar surface area (TPSA) is 53.5 Å². The summed E-state index contributed by atoms with van der Waals surface area (Å²) in [4.78, 5) is 6.95. The van der Waals surface area contributed by atoms with E-state index in [1.165, 1.54) is 0 Å². The number of anilines is 1. The summed E-state index contributed by atoms with van der Waals surface area (Å²) in [5, 5.41) is 4.36. The Balaban J connectivity index is 1.37. The van der Waals surface area contributed by atoms with E-state index in [2.05, 4.69) is 9.88 Å². The molecule has 7 heteroatoms. The summed E-state index contributed by atoms with van der Waals surface area (Å²) in [6, 6.07) is 22.9. The molecule has 0 radical (unpaired) electrons. The van der Waals surface area contributed by atoms with E-state index in [4.69, 9.17) is 11.6 Å². The number of rotatable bonds is 3. The van der Waals surface area contributed by atoms with Gasteiger partial charge in [0.05, 0.1) is 4.90 Å². The fraction of sp³-hybridized carbons (Fsp3) is 0.174. The lowest BCUT2D eigenvalue weighted by molar-refractivity contribution is 0.384. The van der Waals surface area contributed by atoms with Gasteiger partial charge in [0.15, 0.2) is 0 Å². The molecule has 0 unspecified atom stereocenters. The molecule has 0 atom stereocenters. The molecular formula is C23H20ClN3O2S. The van der Waals surface area contributed by atoms with Crippen molar-refractivity contribution < 1.29 is 8.42 Å². The van der Waals surface area contributed by atoms with Crippen LogP contribution in [0.1, 0.15) is 0 Å². The second-order valence-corrected chi connectivity index (χ2v) is 9.69. The van der Waals surface area contributed by atoms with Crippen LogP contribution in [0.5, 0.6) is 0 Å². The monoisotopic (exact) mass is 437 g/mol. The van der Waals surface area contributed by atoms with Crippen LogP contribution in [0.15, 0.2) is 77.7 Å². The van der Waals surface area contributed by atoms with E-state index in [0.29, 0.717) is 36.2 Å². The van der Waals surface area contributed by atoms with Crippen LogP contribution in [0, 0.1) is 0 Å². The van der Waals surface area contributed by atoms with Gasteiger partial charge in [0, 0.05) is 31.6 Å². The molecule has 1 saturated heterocycles. The predicted molar refractivity (Wildman–Crippen MR) is 122 cm³/mol. The van der Waals surface area contributed by atoms with E-state index in [0.717, 1.165) is 27.4 Å². The summed E-state index contributed by atoms with van der Waals surface area (Å²) < 4.78 is 27.9. The van der Waals surface area contributed by atoms with Crippen LogP contribution in [0.25, 0.3) is 21.5 Å². The first-order chi connectivity index (χ1) is 14.5. The third-order valence-corrected chi connectivity index (χ3v) is 7.78. The normalized spacial score (nSPS) is 15.7. The molecule has 5 rings (SSSR count). The van der Waals surface area contributed by atoms with Crippen LogP contribution in [0.2, 0.25) is 5.15 Å². The highest BCUT2D eigenvalue weighted by Gasteiger charge is 2.29. The van der Waals surface area contributed by atoms with Crippen molar-refractivity contribution in [1.29, 1.82) is 0 Å². The third-order valence-electron chi connectivity index (χ3n) is 5.60. The van der Waals surface area contributed by atoms with Gasteiger partial charge in [-0.05, 0) is 34.4 Å². The largest absolute Gasteiger partial charge is 0.354 e. The molecule has 2 heterocycles. The Bertz CT molecular complexity index is 1350. The quantitative estimate of drug-likeness (QED) is 0.441. The van der Waals surface area contributed by atoms with E-state index >= 15 is 0 Å². The van der Waals surface area contributed by atoms with Crippen LogP contribution >= 0.6 is 11.6 Å². The molecule has 1 aliphatic heterocycles. The number of halogens is 1. The van der Waals surface area contributed by atoms with Gasteiger partial charge in [-0.1, -0.05) is 66.2 Å². The van der Waals surface area contributed by atoms with Gasteiger partial charge in [0.2, 0.25) is 10.0 Å². The van der Waals surface area contributed by atoms with Crippen LogP contribution < -0.4 is 4.90 Å². The van der Waals surface area contributed by atoms with E-state index in [-0.39, 0.29) is 0 Å². The molecule has 3 aromatic carbocycles. The lowest BCUT2D eigenvalue weighted by Gasteiger charge is -2.34. The number of pyridine rings is 1. The lowest BCUT2D eigenvalue weighted by Crippen LogP contribution is -2.48. The Labute approximate surface area is 180 Å². The molecule has 0 spiro atoms. The highest BCUT2D eigenvalue weighted by atomic mass is 35.5. The van der Waals surface area contributed by atoms with Gasteiger partial charge in [0.25, 0.3) is 0 Å². The van der Waals surface area contributed by atoms with E-state index in [1.54, 1.807) is 16.4 Å². The summed E-state index contributed by atoms with van der Waals surface area (Å²) in [6.45, 7) is 1.94. The van der Waals surface area contributed by atoms with Crippen LogP contribution in [-0.4, -0.2) is 43.9 Å². The second-order valence-electron chi connectivity index (χ2n) is 7.39. The minimum atomic E-state index is -3.54. The van der Waals surface area contributed by atoms with Gasteiger partial charge in [0.1, 0.15) is 11.0 Å². The zero-order chi connectivity index (χ0) is 20.7. The number of nitrogens with zero attached hydrogens (tertiary/aromatic N) is 3. The molecule has 1 fully saturated rings. The lowest BCUT2D eigenvalue weighted by atomic mass is 10.1.